The third kappa shape index (κ3) is 4.75. The average molecular weight is 321 g/mol. The van der Waals surface area contributed by atoms with Crippen molar-refractivity contribution in [2.45, 2.75) is 62.7 Å². The van der Waals surface area contributed by atoms with Crippen LogP contribution in [-0.2, 0) is 0 Å². The molecule has 122 valence electrons. The number of rotatable bonds is 6. The number of thioether (sulfide) groups is 1. The molecule has 0 radical (unpaired) electrons. The third-order valence-corrected chi connectivity index (χ3v) is 5.63. The third-order valence-electron chi connectivity index (χ3n) is 4.22. The highest BCUT2D eigenvalue weighted by Crippen LogP contribution is 2.36. The molecule has 3 nitrogen and oxygen atoms in total. The Balaban J connectivity index is 2.06. The first-order chi connectivity index (χ1) is 10.5. The van der Waals surface area contributed by atoms with Crippen molar-refractivity contribution in [3.63, 3.8) is 0 Å². The quantitative estimate of drug-likeness (QED) is 0.838. The second kappa shape index (κ2) is 8.02. The number of hydrogen-bond acceptors (Lipinski definition) is 3. The predicted molar refractivity (Wildman–Crippen MR) is 92.5 cm³/mol. The maximum absolute atomic E-state index is 12.5. The van der Waals surface area contributed by atoms with Crippen LogP contribution in [0.2, 0.25) is 0 Å². The van der Waals surface area contributed by atoms with Gasteiger partial charge in [0.05, 0.1) is 11.7 Å². The number of aliphatic hydroxyl groups excluding tert-OH is 1. The van der Waals surface area contributed by atoms with E-state index >= 15 is 0 Å². The van der Waals surface area contributed by atoms with E-state index in [1.165, 1.54) is 25.7 Å². The summed E-state index contributed by atoms with van der Waals surface area (Å²) in [4.78, 5) is 13.5. The Morgan fingerprint density at radius 1 is 1.36 bits per heavy atom. The lowest BCUT2D eigenvalue weighted by Crippen LogP contribution is -2.35. The molecule has 0 saturated heterocycles. The molecule has 1 saturated carbocycles. The van der Waals surface area contributed by atoms with Gasteiger partial charge in [0.1, 0.15) is 0 Å². The van der Waals surface area contributed by atoms with Gasteiger partial charge in [0.2, 0.25) is 0 Å². The Hall–Kier alpha value is -1.00. The summed E-state index contributed by atoms with van der Waals surface area (Å²) in [5.41, 5.74) is 1.83. The normalized spacial score (nSPS) is 17.0. The molecule has 1 aromatic rings. The van der Waals surface area contributed by atoms with Crippen LogP contribution < -0.4 is 5.32 Å². The van der Waals surface area contributed by atoms with E-state index in [2.05, 4.69) is 17.4 Å². The van der Waals surface area contributed by atoms with Gasteiger partial charge >= 0.3 is 0 Å². The van der Waals surface area contributed by atoms with E-state index in [-0.39, 0.29) is 11.8 Å². The minimum absolute atomic E-state index is 0.0797. The maximum Gasteiger partial charge on any atom is 0.252 e. The smallest absolute Gasteiger partial charge is 0.252 e. The van der Waals surface area contributed by atoms with Crippen LogP contribution in [0.15, 0.2) is 23.1 Å². The second-order valence-electron chi connectivity index (χ2n) is 6.55. The molecular weight excluding hydrogens is 294 g/mol. The number of carbonyl (C=O) groups excluding carboxylic acids is 1. The van der Waals surface area contributed by atoms with Crippen LogP contribution in [0.4, 0.5) is 0 Å². The number of aryl methyl sites for hydroxylation is 1. The standard InChI is InChI=1S/C18H27NO2S/c1-12(2)16(20)11-19-18(21)15-10-13(3)8-9-17(15)22-14-6-4-5-7-14/h8-10,12,14,16,20H,4-7,11H2,1-3H3,(H,19,21). The van der Waals surface area contributed by atoms with Crippen molar-refractivity contribution in [1.29, 1.82) is 0 Å². The Morgan fingerprint density at radius 2 is 2.05 bits per heavy atom. The van der Waals surface area contributed by atoms with E-state index in [4.69, 9.17) is 0 Å². The van der Waals surface area contributed by atoms with Gasteiger partial charge in [-0.1, -0.05) is 38.3 Å². The number of carbonyl (C=O) groups is 1. The molecule has 1 fully saturated rings. The van der Waals surface area contributed by atoms with E-state index in [0.717, 1.165) is 16.0 Å². The molecule has 0 spiro atoms. The Bertz CT molecular complexity index is 510. The molecule has 4 heteroatoms. The number of nitrogens with one attached hydrogen (secondary N) is 1. The molecule has 1 amide bonds. The monoisotopic (exact) mass is 321 g/mol. The molecule has 1 aromatic carbocycles. The predicted octanol–water partition coefficient (Wildman–Crippen LogP) is 3.78. The fourth-order valence-electron chi connectivity index (χ4n) is 2.64. The van der Waals surface area contributed by atoms with Gasteiger partial charge in [0.25, 0.3) is 5.91 Å². The topological polar surface area (TPSA) is 49.3 Å². The Labute approximate surface area is 137 Å². The maximum atomic E-state index is 12.5. The highest BCUT2D eigenvalue weighted by Gasteiger charge is 2.20. The summed E-state index contributed by atoms with van der Waals surface area (Å²) in [6.07, 6.45) is 4.58. The molecule has 1 aliphatic rings. The van der Waals surface area contributed by atoms with Crippen molar-refractivity contribution in [2.24, 2.45) is 5.92 Å². The number of amides is 1. The molecule has 2 N–H and O–H groups in total. The van der Waals surface area contributed by atoms with E-state index in [0.29, 0.717) is 11.8 Å². The van der Waals surface area contributed by atoms with Crippen LogP contribution in [-0.4, -0.2) is 28.9 Å². The first kappa shape index (κ1) is 17.4. The molecule has 0 heterocycles. The van der Waals surface area contributed by atoms with Crippen LogP contribution in [0.1, 0.15) is 55.5 Å². The Kier molecular flexibility index (Phi) is 6.33. The minimum atomic E-state index is -0.500. The van der Waals surface area contributed by atoms with Crippen LogP contribution in [0, 0.1) is 12.8 Å². The van der Waals surface area contributed by atoms with Gasteiger partial charge in [0, 0.05) is 16.7 Å². The zero-order valence-corrected chi connectivity index (χ0v) is 14.6. The van der Waals surface area contributed by atoms with Crippen molar-refractivity contribution < 1.29 is 9.90 Å². The average Bonchev–Trinajstić information content (AvgIpc) is 2.99. The summed E-state index contributed by atoms with van der Waals surface area (Å²) in [6, 6.07) is 6.08. The summed E-state index contributed by atoms with van der Waals surface area (Å²) in [6.45, 7) is 6.21. The molecule has 2 rings (SSSR count). The molecule has 22 heavy (non-hydrogen) atoms. The first-order valence-electron chi connectivity index (χ1n) is 8.21. The van der Waals surface area contributed by atoms with Gasteiger partial charge in [-0.15, -0.1) is 11.8 Å². The van der Waals surface area contributed by atoms with Gasteiger partial charge in [-0.05, 0) is 37.8 Å². The summed E-state index contributed by atoms with van der Waals surface area (Å²) in [5.74, 6) is 0.0639. The number of benzene rings is 1. The van der Waals surface area contributed by atoms with E-state index < -0.39 is 6.10 Å². The van der Waals surface area contributed by atoms with Crippen molar-refractivity contribution in [2.75, 3.05) is 6.54 Å². The lowest BCUT2D eigenvalue weighted by atomic mass is 10.1. The van der Waals surface area contributed by atoms with Gasteiger partial charge in [-0.2, -0.15) is 0 Å². The zero-order chi connectivity index (χ0) is 16.1. The SMILES string of the molecule is Cc1ccc(SC2CCCC2)c(C(=O)NCC(O)C(C)C)c1. The minimum Gasteiger partial charge on any atom is -0.391 e. The second-order valence-corrected chi connectivity index (χ2v) is 7.89. The fraction of sp³-hybridized carbons (Fsp3) is 0.611. The van der Waals surface area contributed by atoms with Crippen molar-refractivity contribution in [3.05, 3.63) is 29.3 Å². The van der Waals surface area contributed by atoms with E-state index in [9.17, 15) is 9.90 Å². The van der Waals surface area contributed by atoms with E-state index in [1.807, 2.05) is 38.6 Å². The van der Waals surface area contributed by atoms with Crippen LogP contribution in [0.5, 0.6) is 0 Å². The summed E-state index contributed by atoms with van der Waals surface area (Å²) >= 11 is 1.83. The van der Waals surface area contributed by atoms with Gasteiger partial charge in [0.15, 0.2) is 0 Å². The van der Waals surface area contributed by atoms with E-state index in [1.54, 1.807) is 0 Å². The molecule has 1 atom stereocenters. The molecular formula is C18H27NO2S. The number of hydrogen-bond donors (Lipinski definition) is 2. The first-order valence-corrected chi connectivity index (χ1v) is 9.09. The van der Waals surface area contributed by atoms with Crippen LogP contribution in [0.3, 0.4) is 0 Å². The molecule has 1 aliphatic carbocycles. The number of aliphatic hydroxyl groups is 1. The lowest BCUT2D eigenvalue weighted by molar-refractivity contribution is 0.0869. The largest absolute Gasteiger partial charge is 0.391 e. The fourth-order valence-corrected chi connectivity index (χ4v) is 3.99. The molecule has 0 bridgehead atoms. The van der Waals surface area contributed by atoms with Crippen molar-refractivity contribution in [3.8, 4) is 0 Å². The molecule has 0 aromatic heterocycles. The summed E-state index contributed by atoms with van der Waals surface area (Å²) < 4.78 is 0. The lowest BCUT2D eigenvalue weighted by Gasteiger charge is -2.17. The van der Waals surface area contributed by atoms with Gasteiger partial charge in [-0.3, -0.25) is 4.79 Å². The van der Waals surface area contributed by atoms with Gasteiger partial charge < -0.3 is 10.4 Å². The summed E-state index contributed by atoms with van der Waals surface area (Å²) in [7, 11) is 0. The van der Waals surface area contributed by atoms with Crippen molar-refractivity contribution >= 4 is 17.7 Å². The highest BCUT2D eigenvalue weighted by atomic mass is 32.2. The van der Waals surface area contributed by atoms with Crippen LogP contribution in [0.25, 0.3) is 0 Å². The van der Waals surface area contributed by atoms with Gasteiger partial charge in [-0.25, -0.2) is 0 Å². The zero-order valence-electron chi connectivity index (χ0n) is 13.8. The Morgan fingerprint density at radius 3 is 2.68 bits per heavy atom. The molecule has 0 aliphatic heterocycles. The van der Waals surface area contributed by atoms with Crippen LogP contribution >= 0.6 is 11.8 Å². The summed E-state index contributed by atoms with van der Waals surface area (Å²) in [5, 5.41) is 13.4. The van der Waals surface area contributed by atoms with Crippen molar-refractivity contribution in [1.82, 2.24) is 5.32 Å². The highest BCUT2D eigenvalue weighted by molar-refractivity contribution is 8.00. The molecule has 1 unspecified atom stereocenters.